The van der Waals surface area contributed by atoms with Crippen LogP contribution in [0, 0.1) is 6.92 Å². The van der Waals surface area contributed by atoms with Gasteiger partial charge in [0.25, 0.3) is 5.91 Å². The van der Waals surface area contributed by atoms with Crippen molar-refractivity contribution in [2.24, 2.45) is 0 Å². The molecule has 4 nitrogen and oxygen atoms in total. The van der Waals surface area contributed by atoms with Crippen LogP contribution in [0.5, 0.6) is 0 Å². The van der Waals surface area contributed by atoms with E-state index in [4.69, 9.17) is 11.6 Å². The lowest BCUT2D eigenvalue weighted by Crippen LogP contribution is -2.15. The third-order valence-corrected chi connectivity index (χ3v) is 7.21. The first-order chi connectivity index (χ1) is 17.1. The quantitative estimate of drug-likeness (QED) is 0.283. The van der Waals surface area contributed by atoms with E-state index in [-0.39, 0.29) is 5.91 Å². The topological polar surface area (TPSA) is 38.4 Å². The number of rotatable bonds is 4. The lowest BCUT2D eigenvalue weighted by Gasteiger charge is -2.11. The van der Waals surface area contributed by atoms with Crippen LogP contribution in [0.1, 0.15) is 34.5 Å². The molecular weight excluding hydrogens is 454 g/mol. The van der Waals surface area contributed by atoms with E-state index >= 15 is 0 Å². The van der Waals surface area contributed by atoms with Gasteiger partial charge in [0.2, 0.25) is 0 Å². The minimum atomic E-state index is -0.160. The van der Waals surface area contributed by atoms with Crippen molar-refractivity contribution in [2.75, 3.05) is 5.32 Å². The molecule has 1 N–H and O–H groups in total. The Labute approximate surface area is 209 Å². The molecule has 1 aliphatic rings. The average molecular weight is 480 g/mol. The summed E-state index contributed by atoms with van der Waals surface area (Å²) in [7, 11) is 0. The van der Waals surface area contributed by atoms with Crippen LogP contribution in [0.25, 0.3) is 28.0 Å². The van der Waals surface area contributed by atoms with E-state index in [1.165, 1.54) is 11.1 Å². The number of nitrogens with one attached hydrogen (secondary N) is 1. The summed E-state index contributed by atoms with van der Waals surface area (Å²) in [6.07, 6.45) is 5.25. The number of imidazole rings is 1. The number of aromatic nitrogens is 2. The van der Waals surface area contributed by atoms with Gasteiger partial charge in [-0.05, 0) is 49.4 Å². The standard InChI is InChI=1S/C30H26ClN3O/c1-20-14-16-22(17-15-20)27-23-11-7-8-18-33-26(21-9-3-2-4-10-21)19-34(30(23)33)28(27)29(35)32-25-13-6-5-12-24(25)31/h2-6,9-10,12-17,19H,7-8,11,18H2,1H3,(H,32,35). The molecule has 0 spiro atoms. The van der Waals surface area contributed by atoms with Crippen LogP contribution < -0.4 is 5.32 Å². The zero-order valence-electron chi connectivity index (χ0n) is 19.6. The molecule has 3 heterocycles. The highest BCUT2D eigenvalue weighted by molar-refractivity contribution is 6.34. The van der Waals surface area contributed by atoms with Crippen LogP contribution in [-0.4, -0.2) is 14.9 Å². The van der Waals surface area contributed by atoms with Crippen molar-refractivity contribution in [3.05, 3.63) is 107 Å². The Morgan fingerprint density at radius 2 is 1.63 bits per heavy atom. The number of nitrogens with zero attached hydrogens (tertiary/aromatic N) is 2. The van der Waals surface area contributed by atoms with E-state index in [0.717, 1.165) is 53.8 Å². The van der Waals surface area contributed by atoms with Crippen LogP contribution in [0.3, 0.4) is 0 Å². The summed E-state index contributed by atoms with van der Waals surface area (Å²) >= 11 is 6.40. The summed E-state index contributed by atoms with van der Waals surface area (Å²) in [6.45, 7) is 3.01. The normalized spacial score (nSPS) is 13.1. The van der Waals surface area contributed by atoms with Crippen LogP contribution in [-0.2, 0) is 13.0 Å². The van der Waals surface area contributed by atoms with Crippen LogP contribution in [0.4, 0.5) is 5.69 Å². The Morgan fingerprint density at radius 1 is 0.886 bits per heavy atom. The third-order valence-electron chi connectivity index (χ3n) is 6.88. The Hall–Kier alpha value is -3.76. The number of hydrogen-bond donors (Lipinski definition) is 1. The fourth-order valence-electron chi connectivity index (χ4n) is 5.22. The van der Waals surface area contributed by atoms with Gasteiger partial charge in [-0.2, -0.15) is 0 Å². The molecule has 0 fully saturated rings. The van der Waals surface area contributed by atoms with Crippen molar-refractivity contribution in [1.82, 2.24) is 8.97 Å². The predicted molar refractivity (Wildman–Crippen MR) is 143 cm³/mol. The van der Waals surface area contributed by atoms with Gasteiger partial charge in [-0.15, -0.1) is 0 Å². The van der Waals surface area contributed by atoms with Gasteiger partial charge < -0.3 is 9.88 Å². The molecule has 0 saturated heterocycles. The molecule has 0 radical (unpaired) electrons. The van der Waals surface area contributed by atoms with Crippen molar-refractivity contribution >= 4 is 28.8 Å². The minimum Gasteiger partial charge on any atom is -0.325 e. The number of aryl methyl sites for hydroxylation is 3. The molecule has 0 atom stereocenters. The first-order valence-electron chi connectivity index (χ1n) is 12.1. The number of carbonyl (C=O) groups is 1. The number of hydrogen-bond acceptors (Lipinski definition) is 1. The van der Waals surface area contributed by atoms with Gasteiger partial charge in [0.05, 0.1) is 16.4 Å². The zero-order valence-corrected chi connectivity index (χ0v) is 20.3. The SMILES string of the molecule is Cc1ccc(-c2c3c4n(c(-c5ccccc5)cn4c2C(=O)Nc2ccccc2Cl)CCCC3)cc1. The highest BCUT2D eigenvalue weighted by atomic mass is 35.5. The number of halogens is 1. The van der Waals surface area contributed by atoms with Crippen LogP contribution in [0.2, 0.25) is 5.02 Å². The summed E-state index contributed by atoms with van der Waals surface area (Å²) < 4.78 is 4.49. The van der Waals surface area contributed by atoms with Gasteiger partial charge in [-0.1, -0.05) is 83.9 Å². The van der Waals surface area contributed by atoms with E-state index < -0.39 is 0 Å². The highest BCUT2D eigenvalue weighted by Gasteiger charge is 2.29. The molecule has 0 saturated carbocycles. The van der Waals surface area contributed by atoms with Gasteiger partial charge in [0.1, 0.15) is 11.3 Å². The second-order valence-corrected chi connectivity index (χ2v) is 9.59. The van der Waals surface area contributed by atoms with Gasteiger partial charge in [-0.25, -0.2) is 0 Å². The molecule has 5 aromatic rings. The second kappa shape index (κ2) is 8.79. The molecule has 0 bridgehead atoms. The third kappa shape index (κ3) is 3.75. The predicted octanol–water partition coefficient (Wildman–Crippen LogP) is 7.63. The smallest absolute Gasteiger partial charge is 0.273 e. The lowest BCUT2D eigenvalue weighted by atomic mass is 9.97. The van der Waals surface area contributed by atoms with E-state index in [0.29, 0.717) is 16.4 Å². The summed E-state index contributed by atoms with van der Waals surface area (Å²) in [5, 5.41) is 3.60. The largest absolute Gasteiger partial charge is 0.325 e. The van der Waals surface area contributed by atoms with Crippen LogP contribution >= 0.6 is 11.6 Å². The Morgan fingerprint density at radius 3 is 2.40 bits per heavy atom. The molecule has 3 aromatic carbocycles. The van der Waals surface area contributed by atoms with Crippen molar-refractivity contribution in [2.45, 2.75) is 32.7 Å². The zero-order chi connectivity index (χ0) is 23.9. The van der Waals surface area contributed by atoms with Gasteiger partial charge in [0.15, 0.2) is 0 Å². The number of amides is 1. The average Bonchev–Trinajstić information content (AvgIpc) is 3.29. The molecule has 0 aliphatic carbocycles. The fourth-order valence-corrected chi connectivity index (χ4v) is 5.41. The lowest BCUT2D eigenvalue weighted by molar-refractivity contribution is 0.102. The molecule has 0 unspecified atom stereocenters. The molecule has 1 amide bonds. The molecule has 5 heteroatoms. The monoisotopic (exact) mass is 479 g/mol. The maximum atomic E-state index is 13.9. The van der Waals surface area contributed by atoms with E-state index in [1.807, 2.05) is 24.3 Å². The highest BCUT2D eigenvalue weighted by Crippen LogP contribution is 2.40. The summed E-state index contributed by atoms with van der Waals surface area (Å²) in [6, 6.07) is 26.3. The molecule has 6 rings (SSSR count). The van der Waals surface area contributed by atoms with E-state index in [2.05, 4.69) is 75.9 Å². The molecule has 35 heavy (non-hydrogen) atoms. The Balaban J connectivity index is 1.62. The Bertz CT molecular complexity index is 1540. The van der Waals surface area contributed by atoms with Crippen molar-refractivity contribution in [3.63, 3.8) is 0 Å². The maximum absolute atomic E-state index is 13.9. The fraction of sp³-hybridized carbons (Fsp3) is 0.167. The van der Waals surface area contributed by atoms with Crippen LogP contribution in [0.15, 0.2) is 85.1 Å². The summed E-state index contributed by atoms with van der Waals surface area (Å²) in [4.78, 5) is 13.9. The first kappa shape index (κ1) is 21.8. The number of anilines is 1. The minimum absolute atomic E-state index is 0.160. The van der Waals surface area contributed by atoms with Gasteiger partial charge >= 0.3 is 0 Å². The maximum Gasteiger partial charge on any atom is 0.273 e. The van der Waals surface area contributed by atoms with Gasteiger partial charge in [-0.3, -0.25) is 9.20 Å². The second-order valence-electron chi connectivity index (χ2n) is 9.18. The van der Waals surface area contributed by atoms with Crippen molar-refractivity contribution in [3.8, 4) is 22.4 Å². The number of carbonyl (C=O) groups excluding carboxylic acids is 1. The van der Waals surface area contributed by atoms with E-state index in [9.17, 15) is 4.79 Å². The summed E-state index contributed by atoms with van der Waals surface area (Å²) in [5.74, 6) is -0.160. The molecule has 2 aromatic heterocycles. The molecule has 174 valence electrons. The molecular formula is C30H26ClN3O. The van der Waals surface area contributed by atoms with Crippen molar-refractivity contribution in [1.29, 1.82) is 0 Å². The summed E-state index contributed by atoms with van der Waals surface area (Å²) in [5.41, 5.74) is 9.16. The van der Waals surface area contributed by atoms with Gasteiger partial charge in [0, 0.05) is 23.9 Å². The van der Waals surface area contributed by atoms with Crippen molar-refractivity contribution < 1.29 is 4.79 Å². The first-order valence-corrected chi connectivity index (χ1v) is 12.4. The Kier molecular flexibility index (Phi) is 5.46. The van der Waals surface area contributed by atoms with E-state index in [1.54, 1.807) is 6.07 Å². The number of benzene rings is 3. The molecule has 1 aliphatic heterocycles. The number of para-hydroxylation sites is 1.